The predicted molar refractivity (Wildman–Crippen MR) is 69.3 cm³/mol. The molecule has 7 heteroatoms. The van der Waals surface area contributed by atoms with Crippen LogP contribution in [-0.2, 0) is 4.74 Å². The number of carbonyl (C=O) groups is 1. The average molecular weight is 265 g/mol. The van der Waals surface area contributed by atoms with Crippen molar-refractivity contribution in [1.82, 2.24) is 5.32 Å². The minimum absolute atomic E-state index is 0.0429. The van der Waals surface area contributed by atoms with Crippen LogP contribution in [0.1, 0.15) is 17.3 Å². The van der Waals surface area contributed by atoms with Gasteiger partial charge in [-0.25, -0.2) is 0 Å². The lowest BCUT2D eigenvalue weighted by Gasteiger charge is -2.39. The molecule has 2 rings (SSSR count). The number of rotatable bonds is 4. The Morgan fingerprint density at radius 2 is 2.16 bits per heavy atom. The average Bonchev–Trinajstić information content (AvgIpc) is 2.35. The van der Waals surface area contributed by atoms with Crippen LogP contribution in [0.5, 0.6) is 0 Å². The molecular formula is C12H15N3O4. The lowest BCUT2D eigenvalue weighted by molar-refractivity contribution is -0.384. The molecule has 102 valence electrons. The molecule has 0 radical (unpaired) electrons. The third kappa shape index (κ3) is 2.50. The Balaban J connectivity index is 2.42. The fourth-order valence-corrected chi connectivity index (χ4v) is 1.96. The molecule has 0 atom stereocenters. The number of nitrogens with zero attached hydrogens (tertiary/aromatic N) is 1. The normalized spacial score (nSPS) is 16.3. The van der Waals surface area contributed by atoms with Crippen molar-refractivity contribution in [1.29, 1.82) is 0 Å². The van der Waals surface area contributed by atoms with Crippen molar-refractivity contribution in [2.45, 2.75) is 12.5 Å². The van der Waals surface area contributed by atoms with Gasteiger partial charge in [-0.2, -0.15) is 0 Å². The van der Waals surface area contributed by atoms with Crippen LogP contribution in [0.2, 0.25) is 0 Å². The summed E-state index contributed by atoms with van der Waals surface area (Å²) in [6.45, 7) is 2.87. The molecule has 1 aliphatic heterocycles. The number of hydrogen-bond acceptors (Lipinski definition) is 5. The number of carbonyl (C=O) groups excluding carboxylic acids is 1. The lowest BCUT2D eigenvalue weighted by atomic mass is 9.99. The maximum Gasteiger partial charge on any atom is 0.305 e. The van der Waals surface area contributed by atoms with Crippen LogP contribution in [0.3, 0.4) is 0 Å². The summed E-state index contributed by atoms with van der Waals surface area (Å²) in [5.74, 6) is -0.481. The summed E-state index contributed by atoms with van der Waals surface area (Å²) in [5.41, 5.74) is -0.167. The van der Waals surface area contributed by atoms with Crippen LogP contribution >= 0.6 is 0 Å². The molecule has 2 N–H and O–H groups in total. The monoisotopic (exact) mass is 265 g/mol. The third-order valence-corrected chi connectivity index (χ3v) is 2.97. The predicted octanol–water partition coefficient (Wildman–Crippen LogP) is 1.16. The molecule has 0 unspecified atom stereocenters. The van der Waals surface area contributed by atoms with Crippen LogP contribution in [-0.4, -0.2) is 36.6 Å². The lowest BCUT2D eigenvalue weighted by Crippen LogP contribution is -2.53. The number of hydrogen-bond donors (Lipinski definition) is 2. The van der Waals surface area contributed by atoms with E-state index in [1.807, 2.05) is 6.92 Å². The quantitative estimate of drug-likeness (QED) is 0.629. The van der Waals surface area contributed by atoms with Gasteiger partial charge in [0.1, 0.15) is 11.3 Å². The van der Waals surface area contributed by atoms with Gasteiger partial charge in [0.15, 0.2) is 0 Å². The van der Waals surface area contributed by atoms with Crippen molar-refractivity contribution in [2.24, 2.45) is 0 Å². The van der Waals surface area contributed by atoms with E-state index in [4.69, 9.17) is 4.74 Å². The van der Waals surface area contributed by atoms with Gasteiger partial charge >= 0.3 is 5.69 Å². The number of ether oxygens (including phenoxy) is 1. The number of anilines is 1. The van der Waals surface area contributed by atoms with Gasteiger partial charge in [0.05, 0.1) is 23.7 Å². The molecule has 1 aliphatic rings. The van der Waals surface area contributed by atoms with Crippen molar-refractivity contribution >= 4 is 17.3 Å². The smallest absolute Gasteiger partial charge is 0.305 e. The molecule has 1 aromatic rings. The maximum atomic E-state index is 11.7. The highest BCUT2D eigenvalue weighted by Crippen LogP contribution is 2.32. The van der Waals surface area contributed by atoms with Crippen molar-refractivity contribution in [3.05, 3.63) is 33.9 Å². The first kappa shape index (κ1) is 13.3. The highest BCUT2D eigenvalue weighted by Gasteiger charge is 2.36. The molecule has 1 amide bonds. The fourth-order valence-electron chi connectivity index (χ4n) is 1.96. The highest BCUT2D eigenvalue weighted by molar-refractivity contribution is 6.00. The van der Waals surface area contributed by atoms with E-state index in [-0.39, 0.29) is 16.8 Å². The molecule has 1 aromatic carbocycles. The van der Waals surface area contributed by atoms with Gasteiger partial charge in [0.25, 0.3) is 5.91 Å². The molecule has 1 heterocycles. The van der Waals surface area contributed by atoms with Crippen LogP contribution in [0.25, 0.3) is 0 Å². The van der Waals surface area contributed by atoms with E-state index in [0.29, 0.717) is 18.9 Å². The van der Waals surface area contributed by atoms with Gasteiger partial charge in [-0.1, -0.05) is 6.07 Å². The number of amides is 1. The van der Waals surface area contributed by atoms with Gasteiger partial charge in [-0.15, -0.1) is 0 Å². The van der Waals surface area contributed by atoms with Gasteiger partial charge in [-0.3, -0.25) is 14.9 Å². The van der Waals surface area contributed by atoms with Crippen molar-refractivity contribution < 1.29 is 14.5 Å². The zero-order valence-electron chi connectivity index (χ0n) is 10.7. The van der Waals surface area contributed by atoms with Gasteiger partial charge in [-0.05, 0) is 19.1 Å². The first-order valence-corrected chi connectivity index (χ1v) is 5.82. The largest absolute Gasteiger partial charge is 0.376 e. The summed E-state index contributed by atoms with van der Waals surface area (Å²) in [6, 6.07) is 4.64. The summed E-state index contributed by atoms with van der Waals surface area (Å²) in [4.78, 5) is 22.3. The van der Waals surface area contributed by atoms with Crippen molar-refractivity contribution in [3.8, 4) is 0 Å². The van der Waals surface area contributed by atoms with E-state index < -0.39 is 10.8 Å². The van der Waals surface area contributed by atoms with E-state index in [9.17, 15) is 14.9 Å². The summed E-state index contributed by atoms with van der Waals surface area (Å²) in [6.07, 6.45) is 0. The Morgan fingerprint density at radius 1 is 1.47 bits per heavy atom. The molecule has 7 nitrogen and oxygen atoms in total. The molecule has 1 saturated heterocycles. The van der Waals surface area contributed by atoms with Crippen molar-refractivity contribution in [3.63, 3.8) is 0 Å². The maximum absolute atomic E-state index is 11.7. The summed E-state index contributed by atoms with van der Waals surface area (Å²) < 4.78 is 5.10. The third-order valence-electron chi connectivity index (χ3n) is 2.97. The minimum Gasteiger partial charge on any atom is -0.376 e. The van der Waals surface area contributed by atoms with Gasteiger partial charge in [0.2, 0.25) is 0 Å². The molecule has 0 spiro atoms. The first-order valence-electron chi connectivity index (χ1n) is 5.82. The van der Waals surface area contributed by atoms with Gasteiger partial charge < -0.3 is 15.4 Å². The van der Waals surface area contributed by atoms with Gasteiger partial charge in [0, 0.05) is 7.05 Å². The van der Waals surface area contributed by atoms with Crippen LogP contribution < -0.4 is 10.6 Å². The molecule has 0 aliphatic carbocycles. The fraction of sp³-hybridized carbons (Fsp3) is 0.417. The molecule has 0 aromatic heterocycles. The summed E-state index contributed by atoms with van der Waals surface area (Å²) in [7, 11) is 1.44. The molecule has 1 fully saturated rings. The highest BCUT2D eigenvalue weighted by atomic mass is 16.6. The van der Waals surface area contributed by atoms with E-state index in [2.05, 4.69) is 10.6 Å². The summed E-state index contributed by atoms with van der Waals surface area (Å²) >= 11 is 0. The Bertz CT molecular complexity index is 526. The number of benzene rings is 1. The SMILES string of the molecule is CNC(=O)c1cccc(NC2(C)COC2)c1[N+](=O)[O-]. The second-order valence-electron chi connectivity index (χ2n) is 4.72. The molecule has 0 saturated carbocycles. The van der Waals surface area contributed by atoms with Crippen LogP contribution in [0.15, 0.2) is 18.2 Å². The number of nitro groups is 1. The summed E-state index contributed by atoms with van der Waals surface area (Å²) in [5, 5.41) is 16.7. The topological polar surface area (TPSA) is 93.5 Å². The zero-order valence-corrected chi connectivity index (χ0v) is 10.7. The Labute approximate surface area is 110 Å². The Hall–Kier alpha value is -2.15. The Morgan fingerprint density at radius 3 is 2.63 bits per heavy atom. The second-order valence-corrected chi connectivity index (χ2v) is 4.72. The van der Waals surface area contributed by atoms with Crippen molar-refractivity contribution in [2.75, 3.05) is 25.6 Å². The van der Waals surface area contributed by atoms with Crippen LogP contribution in [0.4, 0.5) is 11.4 Å². The van der Waals surface area contributed by atoms with E-state index >= 15 is 0 Å². The Kier molecular flexibility index (Phi) is 3.39. The minimum atomic E-state index is -0.546. The van der Waals surface area contributed by atoms with Crippen LogP contribution in [0, 0.1) is 10.1 Å². The van der Waals surface area contributed by atoms with E-state index in [0.717, 1.165) is 0 Å². The first-order chi connectivity index (χ1) is 8.97. The second kappa shape index (κ2) is 4.85. The number of nitrogens with one attached hydrogen (secondary N) is 2. The number of nitro benzene ring substituents is 1. The van der Waals surface area contributed by atoms with E-state index in [1.165, 1.54) is 13.1 Å². The molecular weight excluding hydrogens is 250 g/mol. The number of para-hydroxylation sites is 1. The van der Waals surface area contributed by atoms with E-state index in [1.54, 1.807) is 12.1 Å². The zero-order chi connectivity index (χ0) is 14.0. The molecule has 19 heavy (non-hydrogen) atoms. The molecule has 0 bridgehead atoms. The standard InChI is InChI=1S/C12H15N3O4/c1-12(6-19-7-12)14-9-5-3-4-8(11(16)13-2)10(9)15(17)18/h3-5,14H,6-7H2,1-2H3,(H,13,16).